The van der Waals surface area contributed by atoms with Crippen molar-refractivity contribution < 1.29 is 9.53 Å². The summed E-state index contributed by atoms with van der Waals surface area (Å²) < 4.78 is 7.98. The van der Waals surface area contributed by atoms with Gasteiger partial charge in [0.05, 0.1) is 23.3 Å². The molecule has 166 valence electrons. The first-order valence-corrected chi connectivity index (χ1v) is 13.2. The smallest absolute Gasteiger partial charge is 0.234 e. The number of hydrogen-bond acceptors (Lipinski definition) is 8. The lowest BCUT2D eigenvalue weighted by atomic mass is 9.94. The van der Waals surface area contributed by atoms with Crippen LogP contribution in [0, 0.1) is 6.92 Å². The summed E-state index contributed by atoms with van der Waals surface area (Å²) >= 11 is 4.59. The van der Waals surface area contributed by atoms with E-state index in [9.17, 15) is 4.79 Å². The lowest BCUT2D eigenvalue weighted by Gasteiger charge is -2.30. The average molecular weight is 486 g/mol. The van der Waals surface area contributed by atoms with Crippen LogP contribution in [-0.4, -0.2) is 43.1 Å². The van der Waals surface area contributed by atoms with Crippen LogP contribution in [0.1, 0.15) is 29.9 Å². The molecule has 1 amide bonds. The van der Waals surface area contributed by atoms with E-state index in [2.05, 4.69) is 29.4 Å². The Bertz CT molecular complexity index is 1340. The molecule has 0 saturated heterocycles. The number of carbonyl (C=O) groups excluding carboxylic acids is 1. The van der Waals surface area contributed by atoms with Crippen LogP contribution in [0.25, 0.3) is 15.9 Å². The number of aryl methyl sites for hydroxylation is 1. The molecule has 10 heteroatoms. The van der Waals surface area contributed by atoms with E-state index in [1.165, 1.54) is 22.2 Å². The van der Waals surface area contributed by atoms with Crippen LogP contribution in [0.4, 0.5) is 5.69 Å². The number of nitrogens with one attached hydrogen (secondary N) is 1. The number of ether oxygens (including phenoxy) is 1. The number of hydrogen-bond donors (Lipinski definition) is 1. The van der Waals surface area contributed by atoms with Crippen LogP contribution in [0.5, 0.6) is 0 Å². The van der Waals surface area contributed by atoms with Crippen LogP contribution >= 0.6 is 34.9 Å². The molecular weight excluding hydrogens is 462 g/mol. The molecule has 4 aromatic rings. The largest absolute Gasteiger partial charge is 0.370 e. The molecule has 1 aliphatic heterocycles. The molecule has 4 heterocycles. The van der Waals surface area contributed by atoms with Crippen molar-refractivity contribution in [2.75, 3.05) is 17.3 Å². The van der Waals surface area contributed by atoms with Crippen LogP contribution in [-0.2, 0) is 22.6 Å². The highest BCUT2D eigenvalue weighted by Gasteiger charge is 2.31. The van der Waals surface area contributed by atoms with Gasteiger partial charge >= 0.3 is 0 Å². The maximum absolute atomic E-state index is 12.5. The zero-order valence-corrected chi connectivity index (χ0v) is 20.7. The molecule has 1 aromatic carbocycles. The minimum Gasteiger partial charge on any atom is -0.370 e. The van der Waals surface area contributed by atoms with Gasteiger partial charge in [0, 0.05) is 17.0 Å². The highest BCUT2D eigenvalue weighted by molar-refractivity contribution is 8.00. The molecule has 0 radical (unpaired) electrons. The topological polar surface area (TPSA) is 81.4 Å². The van der Waals surface area contributed by atoms with Crippen molar-refractivity contribution in [2.45, 2.75) is 49.7 Å². The normalized spacial score (nSPS) is 15.2. The number of thiophene rings is 1. The Hall–Kier alpha value is -2.14. The first-order valence-electron chi connectivity index (χ1n) is 10.2. The monoisotopic (exact) mass is 485 g/mol. The fourth-order valence-electron chi connectivity index (χ4n) is 3.87. The Morgan fingerprint density at radius 3 is 2.94 bits per heavy atom. The third-order valence-corrected chi connectivity index (χ3v) is 8.00. The molecule has 0 unspecified atom stereocenters. The van der Waals surface area contributed by atoms with E-state index in [-0.39, 0.29) is 17.3 Å². The molecule has 32 heavy (non-hydrogen) atoms. The van der Waals surface area contributed by atoms with Gasteiger partial charge in [-0.15, -0.1) is 21.5 Å². The third kappa shape index (κ3) is 4.00. The quantitative estimate of drug-likeness (QED) is 0.316. The van der Waals surface area contributed by atoms with E-state index in [4.69, 9.17) is 9.72 Å². The van der Waals surface area contributed by atoms with E-state index in [1.807, 2.05) is 41.8 Å². The average Bonchev–Trinajstić information content (AvgIpc) is 3.31. The first kappa shape index (κ1) is 21.7. The van der Waals surface area contributed by atoms with Crippen molar-refractivity contribution in [3.05, 3.63) is 40.3 Å². The standard InChI is InChI=1S/C22H23N5O2S3/c1-12-6-5-7-13(8-12)23-16(28)11-31-21-26-25-18-17-14-9-22(2,3)29-10-15(14)32-19(17)24-20(30-4)27(18)21/h5-8H,9-11H2,1-4H3,(H,23,28). The van der Waals surface area contributed by atoms with Gasteiger partial charge in [-0.05, 0) is 50.3 Å². The number of fused-ring (bicyclic) bond motifs is 5. The van der Waals surface area contributed by atoms with Crippen LogP contribution in [0.2, 0.25) is 0 Å². The van der Waals surface area contributed by atoms with Crippen molar-refractivity contribution in [3.63, 3.8) is 0 Å². The van der Waals surface area contributed by atoms with Gasteiger partial charge in [0.2, 0.25) is 5.91 Å². The maximum Gasteiger partial charge on any atom is 0.234 e. The Morgan fingerprint density at radius 1 is 1.31 bits per heavy atom. The molecular formula is C22H23N5O2S3. The second-order valence-corrected chi connectivity index (χ2v) is 11.2. The van der Waals surface area contributed by atoms with E-state index in [0.717, 1.165) is 38.7 Å². The van der Waals surface area contributed by atoms with Crippen molar-refractivity contribution in [3.8, 4) is 0 Å². The summed E-state index contributed by atoms with van der Waals surface area (Å²) in [5, 5.41) is 14.5. The number of anilines is 1. The predicted molar refractivity (Wildman–Crippen MR) is 131 cm³/mol. The third-order valence-electron chi connectivity index (χ3n) is 5.33. The molecule has 0 atom stereocenters. The van der Waals surface area contributed by atoms with Gasteiger partial charge in [0.15, 0.2) is 16.0 Å². The zero-order chi connectivity index (χ0) is 22.5. The zero-order valence-electron chi connectivity index (χ0n) is 18.3. The minimum atomic E-state index is -0.221. The number of carbonyl (C=O) groups is 1. The van der Waals surface area contributed by atoms with E-state index in [0.29, 0.717) is 11.8 Å². The number of amides is 1. The molecule has 1 N–H and O–H groups in total. The van der Waals surface area contributed by atoms with Gasteiger partial charge in [-0.1, -0.05) is 35.7 Å². The number of nitrogens with zero attached hydrogens (tertiary/aromatic N) is 4. The predicted octanol–water partition coefficient (Wildman–Crippen LogP) is 4.95. The molecule has 0 aliphatic carbocycles. The number of thioether (sulfide) groups is 2. The molecule has 0 spiro atoms. The van der Waals surface area contributed by atoms with E-state index < -0.39 is 0 Å². The summed E-state index contributed by atoms with van der Waals surface area (Å²) in [5.74, 6) is 0.160. The summed E-state index contributed by atoms with van der Waals surface area (Å²) in [6.07, 6.45) is 2.80. The lowest BCUT2D eigenvalue weighted by molar-refractivity contribution is -0.113. The summed E-state index contributed by atoms with van der Waals surface area (Å²) in [7, 11) is 0. The molecule has 0 bridgehead atoms. The molecule has 7 nitrogen and oxygen atoms in total. The molecule has 0 fully saturated rings. The summed E-state index contributed by atoms with van der Waals surface area (Å²) in [6, 6.07) is 7.77. The van der Waals surface area contributed by atoms with Gasteiger partial charge in [-0.3, -0.25) is 4.79 Å². The van der Waals surface area contributed by atoms with E-state index >= 15 is 0 Å². The number of benzene rings is 1. The molecule has 1 aliphatic rings. The van der Waals surface area contributed by atoms with Crippen molar-refractivity contribution in [1.82, 2.24) is 19.6 Å². The van der Waals surface area contributed by atoms with Crippen LogP contribution in [0.3, 0.4) is 0 Å². The highest BCUT2D eigenvalue weighted by atomic mass is 32.2. The Morgan fingerprint density at radius 2 is 2.16 bits per heavy atom. The molecule has 0 saturated carbocycles. The Balaban J connectivity index is 1.47. The van der Waals surface area contributed by atoms with Crippen LogP contribution < -0.4 is 5.32 Å². The molecule has 3 aromatic heterocycles. The highest BCUT2D eigenvalue weighted by Crippen LogP contribution is 2.41. The summed E-state index contributed by atoms with van der Waals surface area (Å²) in [5.41, 5.74) is 3.74. The van der Waals surface area contributed by atoms with Crippen molar-refractivity contribution in [1.29, 1.82) is 0 Å². The van der Waals surface area contributed by atoms with Gasteiger partial charge in [-0.2, -0.15) is 0 Å². The second-order valence-electron chi connectivity index (χ2n) is 8.36. The van der Waals surface area contributed by atoms with Gasteiger partial charge in [0.1, 0.15) is 4.83 Å². The van der Waals surface area contributed by atoms with Crippen molar-refractivity contribution >= 4 is 62.3 Å². The van der Waals surface area contributed by atoms with Gasteiger partial charge in [-0.25, -0.2) is 9.38 Å². The fraction of sp³-hybridized carbons (Fsp3) is 0.364. The maximum atomic E-state index is 12.5. The van der Waals surface area contributed by atoms with Gasteiger partial charge < -0.3 is 10.1 Å². The minimum absolute atomic E-state index is 0.0797. The second kappa shape index (κ2) is 8.33. The Kier molecular flexibility index (Phi) is 5.65. The first-order chi connectivity index (χ1) is 15.3. The fourth-order valence-corrected chi connectivity index (χ4v) is 6.35. The number of rotatable bonds is 5. The summed E-state index contributed by atoms with van der Waals surface area (Å²) in [4.78, 5) is 19.6. The Labute approximate surface area is 198 Å². The number of aromatic nitrogens is 4. The lowest BCUT2D eigenvalue weighted by Crippen LogP contribution is -2.31. The SMILES string of the molecule is CSc1nc2sc3c(c2c2nnc(SCC(=O)Nc4cccc(C)c4)n12)CC(C)(C)OC3. The molecule has 5 rings (SSSR count). The van der Waals surface area contributed by atoms with E-state index in [1.54, 1.807) is 23.1 Å². The van der Waals surface area contributed by atoms with Crippen molar-refractivity contribution in [2.24, 2.45) is 0 Å². The van der Waals surface area contributed by atoms with Gasteiger partial charge in [0.25, 0.3) is 0 Å². The summed E-state index contributed by atoms with van der Waals surface area (Å²) in [6.45, 7) is 6.82. The van der Waals surface area contributed by atoms with Crippen LogP contribution in [0.15, 0.2) is 34.6 Å².